The number of nitrogens with one attached hydrogen (secondary N) is 3. The molecule has 0 radical (unpaired) electrons. The largest absolute Gasteiger partial charge is 0.339 e. The maximum atomic E-state index is 12.4. The van der Waals surface area contributed by atoms with Crippen molar-refractivity contribution < 1.29 is 4.79 Å². The van der Waals surface area contributed by atoms with Gasteiger partial charge >= 0.3 is 0 Å². The Morgan fingerprint density at radius 1 is 1.04 bits per heavy atom. The number of carbonyl (C=O) groups is 1. The SMILES string of the molecule is O=C(N[C@@H](NC(=S)Nc1cc(Cl)ccc1Cl)C(Cl)(Cl)Cl)c1ccc(Br)cc1. The first-order valence-corrected chi connectivity index (χ1v) is 10.3. The normalized spacial score (nSPS) is 12.2. The third-order valence-corrected chi connectivity index (χ3v) is 5.13. The molecule has 11 heteroatoms. The van der Waals surface area contributed by atoms with E-state index in [0.29, 0.717) is 21.3 Å². The number of alkyl halides is 3. The molecule has 0 bridgehead atoms. The highest BCUT2D eigenvalue weighted by Gasteiger charge is 2.35. The molecule has 1 amide bonds. The number of carbonyl (C=O) groups excluding carboxylic acids is 1. The molecule has 0 aliphatic rings. The summed E-state index contributed by atoms with van der Waals surface area (Å²) in [6.07, 6.45) is -1.11. The fourth-order valence-corrected chi connectivity index (χ4v) is 3.05. The number of halogens is 6. The summed E-state index contributed by atoms with van der Waals surface area (Å²) in [5.41, 5.74) is 0.847. The molecule has 4 nitrogen and oxygen atoms in total. The van der Waals surface area contributed by atoms with E-state index in [1.807, 2.05) is 0 Å². The van der Waals surface area contributed by atoms with Gasteiger partial charge in [-0.05, 0) is 54.7 Å². The Morgan fingerprint density at radius 2 is 1.67 bits per heavy atom. The Hall–Kier alpha value is -0.470. The lowest BCUT2D eigenvalue weighted by atomic mass is 10.2. The van der Waals surface area contributed by atoms with Crippen LogP contribution in [0.25, 0.3) is 0 Å². The Kier molecular flexibility index (Phi) is 8.31. The highest BCUT2D eigenvalue weighted by Crippen LogP contribution is 2.30. The van der Waals surface area contributed by atoms with E-state index < -0.39 is 15.9 Å². The molecule has 0 spiro atoms. The summed E-state index contributed by atoms with van der Waals surface area (Å²) in [4.78, 5) is 12.4. The zero-order valence-electron chi connectivity index (χ0n) is 13.2. The molecule has 0 aliphatic carbocycles. The van der Waals surface area contributed by atoms with Gasteiger partial charge in [0, 0.05) is 15.1 Å². The van der Waals surface area contributed by atoms with Gasteiger partial charge in [0.05, 0.1) is 10.7 Å². The van der Waals surface area contributed by atoms with Crippen LogP contribution in [0.5, 0.6) is 0 Å². The van der Waals surface area contributed by atoms with Crippen molar-refractivity contribution in [3.8, 4) is 0 Å². The molecular weight excluding hydrogens is 539 g/mol. The topological polar surface area (TPSA) is 53.2 Å². The van der Waals surface area contributed by atoms with E-state index in [4.69, 9.17) is 70.2 Å². The van der Waals surface area contributed by atoms with Gasteiger partial charge < -0.3 is 16.0 Å². The quantitative estimate of drug-likeness (QED) is 0.242. The first-order chi connectivity index (χ1) is 12.6. The van der Waals surface area contributed by atoms with E-state index in [1.54, 1.807) is 42.5 Å². The minimum Gasteiger partial charge on any atom is -0.339 e. The molecule has 3 N–H and O–H groups in total. The van der Waals surface area contributed by atoms with Crippen molar-refractivity contribution in [3.63, 3.8) is 0 Å². The summed E-state index contributed by atoms with van der Waals surface area (Å²) < 4.78 is -1.05. The van der Waals surface area contributed by atoms with E-state index in [0.717, 1.165) is 4.47 Å². The molecule has 2 aromatic rings. The fraction of sp³-hybridized carbons (Fsp3) is 0.125. The summed E-state index contributed by atoms with van der Waals surface area (Å²) in [7, 11) is 0. The van der Waals surface area contributed by atoms with E-state index in [1.165, 1.54) is 0 Å². The molecule has 0 heterocycles. The molecule has 0 saturated heterocycles. The predicted octanol–water partition coefficient (Wildman–Crippen LogP) is 6.17. The predicted molar refractivity (Wildman–Crippen MR) is 122 cm³/mol. The molecule has 144 valence electrons. The molecule has 27 heavy (non-hydrogen) atoms. The van der Waals surface area contributed by atoms with E-state index in [9.17, 15) is 4.79 Å². The molecule has 0 aliphatic heterocycles. The highest BCUT2D eigenvalue weighted by atomic mass is 79.9. The van der Waals surface area contributed by atoms with Crippen LogP contribution in [0.15, 0.2) is 46.9 Å². The van der Waals surface area contributed by atoms with Crippen LogP contribution in [0.2, 0.25) is 10.0 Å². The van der Waals surface area contributed by atoms with Gasteiger partial charge in [-0.15, -0.1) is 0 Å². The molecule has 2 rings (SSSR count). The molecule has 1 atom stereocenters. The zero-order chi connectivity index (χ0) is 20.2. The number of rotatable bonds is 4. The summed E-state index contributed by atoms with van der Waals surface area (Å²) in [6, 6.07) is 11.5. The summed E-state index contributed by atoms with van der Waals surface area (Å²) in [5.74, 6) is -0.449. The standard InChI is InChI=1S/C16H11BrCl5N3OS/c17-9-3-1-8(2-4-9)13(26)24-14(16(20,21)22)25-15(27)23-12-7-10(18)5-6-11(12)19/h1-7,14H,(H,24,26)(H2,23,25,27)/t14-/m0/s1. The average Bonchev–Trinajstić information content (AvgIpc) is 2.57. The number of thiocarbonyl (C=S) groups is 1. The lowest BCUT2D eigenvalue weighted by Gasteiger charge is -2.28. The van der Waals surface area contributed by atoms with Gasteiger partial charge in [-0.1, -0.05) is 73.9 Å². The Labute approximate surface area is 195 Å². The second kappa shape index (κ2) is 9.83. The maximum Gasteiger partial charge on any atom is 0.252 e. The van der Waals surface area contributed by atoms with Crippen molar-refractivity contribution in [3.05, 3.63) is 62.5 Å². The highest BCUT2D eigenvalue weighted by molar-refractivity contribution is 9.10. The van der Waals surface area contributed by atoms with Crippen LogP contribution in [-0.2, 0) is 0 Å². The first kappa shape index (κ1) is 22.8. The van der Waals surface area contributed by atoms with Gasteiger partial charge in [0.2, 0.25) is 3.79 Å². The lowest BCUT2D eigenvalue weighted by molar-refractivity contribution is 0.0934. The van der Waals surface area contributed by atoms with Crippen LogP contribution in [0.1, 0.15) is 10.4 Å². The minimum absolute atomic E-state index is 0.0756. The summed E-state index contributed by atoms with van der Waals surface area (Å²) >= 11 is 38.4. The van der Waals surface area contributed by atoms with E-state index >= 15 is 0 Å². The molecule has 2 aromatic carbocycles. The van der Waals surface area contributed by atoms with Crippen LogP contribution in [0.3, 0.4) is 0 Å². The molecule has 0 fully saturated rings. The van der Waals surface area contributed by atoms with Crippen molar-refractivity contribution in [1.82, 2.24) is 10.6 Å². The number of hydrogen-bond donors (Lipinski definition) is 3. The molecule has 0 saturated carbocycles. The van der Waals surface area contributed by atoms with Gasteiger partial charge in [0.1, 0.15) is 6.17 Å². The number of benzene rings is 2. The summed E-state index contributed by atoms with van der Waals surface area (Å²) in [6.45, 7) is 0. The first-order valence-electron chi connectivity index (χ1n) is 7.22. The average molecular weight is 551 g/mol. The van der Waals surface area contributed by atoms with E-state index in [-0.39, 0.29) is 5.11 Å². The van der Waals surface area contributed by atoms with Gasteiger partial charge in [-0.2, -0.15) is 0 Å². The molecular formula is C16H11BrCl5N3OS. The maximum absolute atomic E-state index is 12.4. The smallest absolute Gasteiger partial charge is 0.252 e. The van der Waals surface area contributed by atoms with E-state index in [2.05, 4.69) is 31.9 Å². The Morgan fingerprint density at radius 3 is 2.26 bits per heavy atom. The van der Waals surface area contributed by atoms with Gasteiger partial charge in [-0.3, -0.25) is 4.79 Å². The lowest BCUT2D eigenvalue weighted by Crippen LogP contribution is -2.56. The molecule has 0 aromatic heterocycles. The van der Waals surface area contributed by atoms with Crippen molar-refractivity contribution in [2.24, 2.45) is 0 Å². The number of anilines is 1. The van der Waals surface area contributed by atoms with Crippen LogP contribution in [0, 0.1) is 0 Å². The van der Waals surface area contributed by atoms with Crippen molar-refractivity contribution in [1.29, 1.82) is 0 Å². The van der Waals surface area contributed by atoms with Crippen LogP contribution >= 0.6 is 86.2 Å². The Bertz CT molecular complexity index is 845. The Balaban J connectivity index is 2.10. The number of hydrogen-bond acceptors (Lipinski definition) is 2. The number of amides is 1. The van der Waals surface area contributed by atoms with Gasteiger partial charge in [-0.25, -0.2) is 0 Å². The van der Waals surface area contributed by atoms with Crippen LogP contribution in [-0.4, -0.2) is 21.0 Å². The zero-order valence-corrected chi connectivity index (χ0v) is 19.4. The third kappa shape index (κ3) is 7.13. The fourth-order valence-electron chi connectivity index (χ4n) is 1.90. The van der Waals surface area contributed by atoms with Gasteiger partial charge in [0.25, 0.3) is 5.91 Å². The van der Waals surface area contributed by atoms with Crippen molar-refractivity contribution >= 4 is 103 Å². The van der Waals surface area contributed by atoms with Crippen molar-refractivity contribution in [2.45, 2.75) is 9.96 Å². The van der Waals surface area contributed by atoms with Crippen LogP contribution in [0.4, 0.5) is 5.69 Å². The van der Waals surface area contributed by atoms with Crippen molar-refractivity contribution in [2.75, 3.05) is 5.32 Å². The van der Waals surface area contributed by atoms with Gasteiger partial charge in [0.15, 0.2) is 5.11 Å². The minimum atomic E-state index is -1.88. The second-order valence-corrected chi connectivity index (χ2v) is 9.71. The molecule has 0 unspecified atom stereocenters. The third-order valence-electron chi connectivity index (χ3n) is 3.16. The van der Waals surface area contributed by atoms with Crippen LogP contribution < -0.4 is 16.0 Å². The summed E-state index contributed by atoms with van der Waals surface area (Å²) in [5, 5.41) is 9.11. The monoisotopic (exact) mass is 547 g/mol. The second-order valence-electron chi connectivity index (χ2n) is 5.18.